The molecule has 0 bridgehead atoms. The van der Waals surface area contributed by atoms with Crippen LogP contribution in [0.15, 0.2) is 18.2 Å². The Hall–Kier alpha value is -1.63. The summed E-state index contributed by atoms with van der Waals surface area (Å²) in [6.45, 7) is -0.187. The van der Waals surface area contributed by atoms with Crippen LogP contribution in [-0.4, -0.2) is 47.9 Å². The molecule has 4 nitrogen and oxygen atoms in total. The third kappa shape index (κ3) is 4.67. The average Bonchev–Trinajstić information content (AvgIpc) is 2.99. The van der Waals surface area contributed by atoms with Crippen molar-refractivity contribution in [1.29, 1.82) is 0 Å². The van der Waals surface area contributed by atoms with E-state index < -0.39 is 17.5 Å². The average molecular weight is 342 g/mol. The molecule has 2 rings (SSSR count). The first kappa shape index (κ1) is 17.7. The van der Waals surface area contributed by atoms with Gasteiger partial charge in [0.15, 0.2) is 0 Å². The number of amides is 2. The summed E-state index contributed by atoms with van der Waals surface area (Å²) in [6.07, 6.45) is 5.05. The van der Waals surface area contributed by atoms with E-state index >= 15 is 0 Å². The van der Waals surface area contributed by atoms with Crippen molar-refractivity contribution >= 4 is 23.6 Å². The molecule has 7 heteroatoms. The van der Waals surface area contributed by atoms with Crippen molar-refractivity contribution in [3.05, 3.63) is 35.4 Å². The Morgan fingerprint density at radius 2 is 1.91 bits per heavy atom. The van der Waals surface area contributed by atoms with Gasteiger partial charge in [-0.05, 0) is 37.7 Å². The van der Waals surface area contributed by atoms with Crippen LogP contribution in [0.5, 0.6) is 0 Å². The standard InChI is InChI=1S/C16H20F2N2O2S/c1-20(13-3-4-14(8-13)23-2)15(21)9-19-16(22)10-5-11(17)7-12(18)6-10/h5-7,13-14H,3-4,8-9H2,1-2H3,(H,19,22)/t13-,14+/m0/s1. The minimum atomic E-state index is -0.826. The minimum Gasteiger partial charge on any atom is -0.343 e. The van der Waals surface area contributed by atoms with Gasteiger partial charge in [-0.3, -0.25) is 9.59 Å². The zero-order valence-electron chi connectivity index (χ0n) is 13.1. The molecule has 0 unspecified atom stereocenters. The highest BCUT2D eigenvalue weighted by molar-refractivity contribution is 7.99. The largest absolute Gasteiger partial charge is 0.343 e. The van der Waals surface area contributed by atoms with Crippen molar-refractivity contribution in [2.45, 2.75) is 30.6 Å². The van der Waals surface area contributed by atoms with Crippen molar-refractivity contribution in [2.75, 3.05) is 19.8 Å². The van der Waals surface area contributed by atoms with Gasteiger partial charge >= 0.3 is 0 Å². The normalized spacial score (nSPS) is 20.3. The van der Waals surface area contributed by atoms with Crippen molar-refractivity contribution < 1.29 is 18.4 Å². The van der Waals surface area contributed by atoms with Gasteiger partial charge in [0.05, 0.1) is 6.54 Å². The molecule has 1 saturated carbocycles. The molecule has 1 aromatic rings. The maximum atomic E-state index is 13.1. The van der Waals surface area contributed by atoms with E-state index in [1.54, 1.807) is 23.7 Å². The van der Waals surface area contributed by atoms with E-state index in [0.29, 0.717) is 11.3 Å². The molecule has 126 valence electrons. The minimum absolute atomic E-state index is 0.138. The van der Waals surface area contributed by atoms with Crippen LogP contribution in [0, 0.1) is 11.6 Å². The van der Waals surface area contributed by atoms with E-state index in [-0.39, 0.29) is 24.1 Å². The Balaban J connectivity index is 1.87. The Labute approximate surface area is 138 Å². The Morgan fingerprint density at radius 3 is 2.48 bits per heavy atom. The van der Waals surface area contributed by atoms with Gasteiger partial charge in [-0.25, -0.2) is 8.78 Å². The van der Waals surface area contributed by atoms with Crippen molar-refractivity contribution in [3.63, 3.8) is 0 Å². The molecule has 0 radical (unpaired) electrons. The fourth-order valence-corrected chi connectivity index (χ4v) is 3.54. The maximum Gasteiger partial charge on any atom is 0.251 e. The number of carbonyl (C=O) groups is 2. The fourth-order valence-electron chi connectivity index (χ4n) is 2.75. The fraction of sp³-hybridized carbons (Fsp3) is 0.500. The van der Waals surface area contributed by atoms with E-state index in [4.69, 9.17) is 0 Å². The molecule has 1 aliphatic carbocycles. The molecular weight excluding hydrogens is 322 g/mol. The third-order valence-corrected chi connectivity index (χ3v) is 5.25. The molecule has 0 aromatic heterocycles. The lowest BCUT2D eigenvalue weighted by molar-refractivity contribution is -0.130. The van der Waals surface area contributed by atoms with Gasteiger partial charge in [0.2, 0.25) is 5.91 Å². The van der Waals surface area contributed by atoms with Crippen LogP contribution in [0.4, 0.5) is 8.78 Å². The Kier molecular flexibility index (Phi) is 5.98. The Bertz CT molecular complexity index is 577. The lowest BCUT2D eigenvalue weighted by Gasteiger charge is -2.24. The third-order valence-electron chi connectivity index (χ3n) is 4.16. The van der Waals surface area contributed by atoms with E-state index in [9.17, 15) is 18.4 Å². The van der Waals surface area contributed by atoms with Gasteiger partial charge in [-0.1, -0.05) is 0 Å². The monoisotopic (exact) mass is 342 g/mol. The number of nitrogens with zero attached hydrogens (tertiary/aromatic N) is 1. The number of hydrogen-bond donors (Lipinski definition) is 1. The predicted octanol–water partition coefficient (Wildman–Crippen LogP) is 2.44. The second-order valence-corrected chi connectivity index (χ2v) is 6.81. The summed E-state index contributed by atoms with van der Waals surface area (Å²) in [4.78, 5) is 25.7. The van der Waals surface area contributed by atoms with E-state index in [1.165, 1.54) is 0 Å². The maximum absolute atomic E-state index is 13.1. The summed E-state index contributed by atoms with van der Waals surface area (Å²) in [5.41, 5.74) is -0.138. The molecule has 0 spiro atoms. The van der Waals surface area contributed by atoms with Crippen LogP contribution < -0.4 is 5.32 Å². The van der Waals surface area contributed by atoms with Crippen LogP contribution in [0.2, 0.25) is 0 Å². The molecule has 1 aromatic carbocycles. The number of benzene rings is 1. The quantitative estimate of drug-likeness (QED) is 0.894. The molecule has 23 heavy (non-hydrogen) atoms. The Morgan fingerprint density at radius 1 is 1.26 bits per heavy atom. The highest BCUT2D eigenvalue weighted by atomic mass is 32.2. The summed E-state index contributed by atoms with van der Waals surface area (Å²) >= 11 is 1.80. The highest BCUT2D eigenvalue weighted by Gasteiger charge is 2.29. The summed E-state index contributed by atoms with van der Waals surface area (Å²) in [5, 5.41) is 2.98. The number of carbonyl (C=O) groups excluding carboxylic acids is 2. The number of halogens is 2. The number of nitrogens with one attached hydrogen (secondary N) is 1. The lowest BCUT2D eigenvalue weighted by Crippen LogP contribution is -2.42. The summed E-state index contributed by atoms with van der Waals surface area (Å²) in [6, 6.07) is 2.75. The van der Waals surface area contributed by atoms with Gasteiger partial charge in [0.25, 0.3) is 5.91 Å². The van der Waals surface area contributed by atoms with Crippen LogP contribution in [0.1, 0.15) is 29.6 Å². The van der Waals surface area contributed by atoms with Crippen LogP contribution in [-0.2, 0) is 4.79 Å². The number of rotatable bonds is 5. The molecule has 1 N–H and O–H groups in total. The summed E-state index contributed by atoms with van der Waals surface area (Å²) in [5.74, 6) is -2.53. The second-order valence-electron chi connectivity index (χ2n) is 5.67. The van der Waals surface area contributed by atoms with Crippen LogP contribution in [0.3, 0.4) is 0 Å². The molecule has 0 heterocycles. The van der Waals surface area contributed by atoms with Crippen molar-refractivity contribution in [2.24, 2.45) is 0 Å². The predicted molar refractivity (Wildman–Crippen MR) is 86.4 cm³/mol. The molecule has 0 saturated heterocycles. The number of likely N-dealkylation sites (N-methyl/N-ethyl adjacent to an activating group) is 1. The molecule has 2 amide bonds. The lowest BCUT2D eigenvalue weighted by atomic mass is 10.2. The van der Waals surface area contributed by atoms with E-state index in [0.717, 1.165) is 31.4 Å². The van der Waals surface area contributed by atoms with Crippen molar-refractivity contribution in [1.82, 2.24) is 10.2 Å². The molecule has 0 aliphatic heterocycles. The second kappa shape index (κ2) is 7.77. The van der Waals surface area contributed by atoms with Crippen LogP contribution >= 0.6 is 11.8 Å². The smallest absolute Gasteiger partial charge is 0.251 e. The molecular formula is C16H20F2N2O2S. The zero-order valence-corrected chi connectivity index (χ0v) is 14.0. The molecule has 2 atom stereocenters. The van der Waals surface area contributed by atoms with Crippen LogP contribution in [0.25, 0.3) is 0 Å². The topological polar surface area (TPSA) is 49.4 Å². The number of hydrogen-bond acceptors (Lipinski definition) is 3. The van der Waals surface area contributed by atoms with Gasteiger partial charge in [0.1, 0.15) is 11.6 Å². The van der Waals surface area contributed by atoms with Gasteiger partial charge < -0.3 is 10.2 Å². The van der Waals surface area contributed by atoms with Gasteiger partial charge in [-0.2, -0.15) is 11.8 Å². The highest BCUT2D eigenvalue weighted by Crippen LogP contribution is 2.30. The first-order valence-electron chi connectivity index (χ1n) is 7.43. The zero-order chi connectivity index (χ0) is 17.0. The van der Waals surface area contributed by atoms with Crippen molar-refractivity contribution in [3.8, 4) is 0 Å². The first-order valence-corrected chi connectivity index (χ1v) is 8.72. The summed E-state index contributed by atoms with van der Waals surface area (Å²) < 4.78 is 26.2. The SMILES string of the molecule is CS[C@@H]1CC[C@H](N(C)C(=O)CNC(=O)c2cc(F)cc(F)c2)C1. The number of thioether (sulfide) groups is 1. The first-order chi connectivity index (χ1) is 10.9. The van der Waals surface area contributed by atoms with Gasteiger partial charge in [0, 0.05) is 30.0 Å². The van der Waals surface area contributed by atoms with E-state index in [1.807, 2.05) is 0 Å². The molecule has 1 fully saturated rings. The summed E-state index contributed by atoms with van der Waals surface area (Å²) in [7, 11) is 1.73. The molecule has 1 aliphatic rings. The van der Waals surface area contributed by atoms with Gasteiger partial charge in [-0.15, -0.1) is 0 Å². The van der Waals surface area contributed by atoms with E-state index in [2.05, 4.69) is 11.6 Å².